The van der Waals surface area contributed by atoms with Gasteiger partial charge in [0.2, 0.25) is 0 Å². The highest BCUT2D eigenvalue weighted by Crippen LogP contribution is 2.25. The number of ether oxygens (including phenoxy) is 2. The summed E-state index contributed by atoms with van der Waals surface area (Å²) in [6, 6.07) is 30.9. The number of halogens is 1. The molecule has 5 aromatic rings. The van der Waals surface area contributed by atoms with Crippen LogP contribution in [0.4, 0.5) is 21.0 Å². The van der Waals surface area contributed by atoms with Gasteiger partial charge >= 0.3 is 18.2 Å². The number of hydrogen-bond donors (Lipinski definition) is 6. The van der Waals surface area contributed by atoms with Gasteiger partial charge in [0.1, 0.15) is 19.3 Å². The van der Waals surface area contributed by atoms with E-state index in [9.17, 15) is 14.4 Å². The van der Waals surface area contributed by atoms with Gasteiger partial charge in [0.05, 0.1) is 11.4 Å². The van der Waals surface area contributed by atoms with E-state index in [0.717, 1.165) is 33.2 Å². The minimum absolute atomic E-state index is 0. The lowest BCUT2D eigenvalue weighted by Gasteiger charge is -2.14. The van der Waals surface area contributed by atoms with Crippen LogP contribution >= 0.6 is 12.4 Å². The molecule has 8 N–H and O–H groups in total. The molecule has 0 spiro atoms. The molecular formula is C35H38ClN5O6. The van der Waals surface area contributed by atoms with Crippen LogP contribution in [0.2, 0.25) is 0 Å². The molecule has 4 aromatic carbocycles. The fourth-order valence-corrected chi connectivity index (χ4v) is 4.49. The molecule has 5 rings (SSSR count). The summed E-state index contributed by atoms with van der Waals surface area (Å²) in [5, 5.41) is 15.1. The second-order valence-electron chi connectivity index (χ2n) is 10.3. The lowest BCUT2D eigenvalue weighted by molar-refractivity contribution is -0.138. The summed E-state index contributed by atoms with van der Waals surface area (Å²) in [4.78, 5) is 38.3. The average molecular weight is 660 g/mol. The van der Waals surface area contributed by atoms with E-state index in [0.29, 0.717) is 30.8 Å². The predicted molar refractivity (Wildman–Crippen MR) is 185 cm³/mol. The monoisotopic (exact) mass is 659 g/mol. The molecular weight excluding hydrogens is 622 g/mol. The van der Waals surface area contributed by atoms with Crippen LogP contribution in [0.15, 0.2) is 109 Å². The molecule has 246 valence electrons. The first kappa shape index (κ1) is 36.1. The summed E-state index contributed by atoms with van der Waals surface area (Å²) >= 11 is 0. The Bertz CT molecular complexity index is 1730. The van der Waals surface area contributed by atoms with Gasteiger partial charge in [-0.1, -0.05) is 84.9 Å². The van der Waals surface area contributed by atoms with Gasteiger partial charge in [-0.2, -0.15) is 0 Å². The van der Waals surface area contributed by atoms with Gasteiger partial charge < -0.3 is 31.0 Å². The topological polar surface area (TPSA) is 182 Å². The Hall–Kier alpha value is -5.36. The molecule has 0 radical (unpaired) electrons. The van der Waals surface area contributed by atoms with Crippen LogP contribution in [0, 0.1) is 0 Å². The van der Waals surface area contributed by atoms with Crippen molar-refractivity contribution in [2.75, 3.05) is 17.2 Å². The first-order valence-corrected chi connectivity index (χ1v) is 14.6. The number of carbonyl (C=O) groups excluding carboxylic acids is 2. The molecule has 12 heteroatoms. The van der Waals surface area contributed by atoms with Crippen LogP contribution in [0.3, 0.4) is 0 Å². The van der Waals surface area contributed by atoms with Crippen LogP contribution in [-0.4, -0.2) is 40.8 Å². The van der Waals surface area contributed by atoms with E-state index in [1.165, 1.54) is 0 Å². The Balaban J connectivity index is 0.000000314. The highest BCUT2D eigenvalue weighted by atomic mass is 35.5. The lowest BCUT2D eigenvalue weighted by atomic mass is 10.1. The molecule has 1 aromatic heterocycles. The number of nitrogens with two attached hydrogens (primary N) is 2. The number of amides is 2. The average Bonchev–Trinajstić information content (AvgIpc) is 3.48. The van der Waals surface area contributed by atoms with E-state index in [2.05, 4.69) is 15.6 Å². The SMILES string of the molecule is Cl.NCCc1ccc(NC(=O)OCc2ccccc2)c(NC(=O)OCc2ccccc2)c1.N[C@@H](Cc1c[nH]c2ccccc12)C(=O)O. The first-order valence-electron chi connectivity index (χ1n) is 14.6. The number of hydrogen-bond acceptors (Lipinski definition) is 7. The lowest BCUT2D eigenvalue weighted by Crippen LogP contribution is -2.32. The number of para-hydroxylation sites is 1. The highest BCUT2D eigenvalue weighted by Gasteiger charge is 2.15. The summed E-state index contributed by atoms with van der Waals surface area (Å²) in [6.45, 7) is 0.737. The molecule has 0 fully saturated rings. The van der Waals surface area contributed by atoms with E-state index >= 15 is 0 Å². The van der Waals surface area contributed by atoms with E-state index < -0.39 is 24.2 Å². The van der Waals surface area contributed by atoms with Crippen LogP contribution in [0.25, 0.3) is 10.9 Å². The maximum absolute atomic E-state index is 12.3. The normalized spacial score (nSPS) is 10.9. The summed E-state index contributed by atoms with van der Waals surface area (Å²) in [6.07, 6.45) is 1.53. The van der Waals surface area contributed by atoms with Crippen LogP contribution in [-0.2, 0) is 40.3 Å². The molecule has 0 saturated heterocycles. The molecule has 0 aliphatic carbocycles. The zero-order chi connectivity index (χ0) is 32.7. The smallest absolute Gasteiger partial charge is 0.412 e. The van der Waals surface area contributed by atoms with Crippen molar-refractivity contribution < 1.29 is 29.0 Å². The molecule has 0 bridgehead atoms. The maximum atomic E-state index is 12.3. The van der Waals surface area contributed by atoms with E-state index in [-0.39, 0.29) is 25.6 Å². The molecule has 0 unspecified atom stereocenters. The van der Waals surface area contributed by atoms with Crippen molar-refractivity contribution in [1.29, 1.82) is 0 Å². The number of H-pyrrole nitrogens is 1. The fourth-order valence-electron chi connectivity index (χ4n) is 4.49. The third-order valence-corrected chi connectivity index (χ3v) is 6.85. The molecule has 11 nitrogen and oxygen atoms in total. The maximum Gasteiger partial charge on any atom is 0.412 e. The van der Waals surface area contributed by atoms with Crippen LogP contribution in [0.1, 0.15) is 22.3 Å². The molecule has 2 amide bonds. The van der Waals surface area contributed by atoms with Gasteiger partial charge in [-0.3, -0.25) is 15.4 Å². The molecule has 1 heterocycles. The van der Waals surface area contributed by atoms with Gasteiger partial charge in [-0.05, 0) is 53.4 Å². The van der Waals surface area contributed by atoms with Crippen molar-refractivity contribution in [2.24, 2.45) is 11.5 Å². The van der Waals surface area contributed by atoms with Crippen molar-refractivity contribution in [1.82, 2.24) is 4.98 Å². The van der Waals surface area contributed by atoms with Gasteiger partial charge in [0, 0.05) is 23.5 Å². The minimum atomic E-state index is -0.972. The molecule has 1 atom stereocenters. The van der Waals surface area contributed by atoms with Gasteiger partial charge in [-0.15, -0.1) is 12.4 Å². The van der Waals surface area contributed by atoms with Crippen molar-refractivity contribution in [2.45, 2.75) is 32.1 Å². The fraction of sp³-hybridized carbons (Fsp3) is 0.171. The number of carboxylic acid groups (broad SMARTS) is 1. The number of carboxylic acids is 1. The Morgan fingerprint density at radius 1 is 0.745 bits per heavy atom. The molecule has 47 heavy (non-hydrogen) atoms. The Morgan fingerprint density at radius 3 is 1.87 bits per heavy atom. The van der Waals surface area contributed by atoms with Crippen molar-refractivity contribution in [3.63, 3.8) is 0 Å². The largest absolute Gasteiger partial charge is 0.480 e. The zero-order valence-corrected chi connectivity index (χ0v) is 26.4. The molecule has 0 aliphatic rings. The van der Waals surface area contributed by atoms with E-state index in [4.69, 9.17) is 26.0 Å². The zero-order valence-electron chi connectivity index (χ0n) is 25.6. The van der Waals surface area contributed by atoms with Crippen molar-refractivity contribution >= 4 is 52.8 Å². The number of anilines is 2. The van der Waals surface area contributed by atoms with Crippen molar-refractivity contribution in [3.05, 3.63) is 132 Å². The highest BCUT2D eigenvalue weighted by molar-refractivity contribution is 5.95. The van der Waals surface area contributed by atoms with E-state index in [1.807, 2.05) is 97.2 Å². The van der Waals surface area contributed by atoms with Crippen LogP contribution in [0.5, 0.6) is 0 Å². The second-order valence-corrected chi connectivity index (χ2v) is 10.3. The third kappa shape index (κ3) is 11.5. The number of aromatic amines is 1. The molecule has 0 aliphatic heterocycles. The Labute approximate surface area is 278 Å². The summed E-state index contributed by atoms with van der Waals surface area (Å²) in [7, 11) is 0. The first-order chi connectivity index (χ1) is 22.3. The number of benzene rings is 4. The van der Waals surface area contributed by atoms with Gasteiger partial charge in [-0.25, -0.2) is 9.59 Å². The number of fused-ring (bicyclic) bond motifs is 1. The van der Waals surface area contributed by atoms with Gasteiger partial charge in [0.15, 0.2) is 0 Å². The number of rotatable bonds is 11. The summed E-state index contributed by atoms with van der Waals surface area (Å²) in [5.41, 5.74) is 16.5. The Morgan fingerprint density at radius 2 is 1.30 bits per heavy atom. The molecule has 0 saturated carbocycles. The third-order valence-electron chi connectivity index (χ3n) is 6.85. The van der Waals surface area contributed by atoms with Crippen LogP contribution < -0.4 is 22.1 Å². The van der Waals surface area contributed by atoms with E-state index in [1.54, 1.807) is 12.1 Å². The van der Waals surface area contributed by atoms with Crippen molar-refractivity contribution in [3.8, 4) is 0 Å². The number of nitrogens with one attached hydrogen (secondary N) is 3. The standard InChI is InChI=1S/C24H25N3O4.C11H12N2O2.ClH/c25-14-13-18-11-12-21(26-23(28)30-16-19-7-3-1-4-8-19)22(15-18)27-24(29)31-17-20-9-5-2-6-10-20;12-9(11(14)15)5-7-6-13-10-4-2-1-3-8(7)10;/h1-12,15H,13-14,16-17,25H2,(H,26,28)(H,27,29);1-4,6,9,13H,5,12H2,(H,14,15);1H/t;9-;/m.0./s1. The second kappa shape index (κ2) is 18.6. The Kier molecular flexibility index (Phi) is 14.3. The minimum Gasteiger partial charge on any atom is -0.480 e. The summed E-state index contributed by atoms with van der Waals surface area (Å²) in [5.74, 6) is -0.972. The quantitative estimate of drug-likeness (QED) is 0.0964. The number of aromatic nitrogens is 1. The number of aliphatic carboxylic acids is 1. The predicted octanol–water partition coefficient (Wildman–Crippen LogP) is 6.23. The van der Waals surface area contributed by atoms with Gasteiger partial charge in [0.25, 0.3) is 0 Å². The number of carbonyl (C=O) groups is 3. The summed E-state index contributed by atoms with van der Waals surface area (Å²) < 4.78 is 10.5.